The maximum absolute atomic E-state index is 11.3. The molecule has 0 saturated carbocycles. The Morgan fingerprint density at radius 2 is 2.09 bits per heavy atom. The average Bonchev–Trinajstić information content (AvgIpc) is 2.96. The molecular formula is C16H20ClN3O3. The molecule has 6 nitrogen and oxygen atoms in total. The molecule has 0 amide bonds. The Morgan fingerprint density at radius 3 is 2.83 bits per heavy atom. The molecule has 1 aromatic carbocycles. The van der Waals surface area contributed by atoms with Crippen molar-refractivity contribution >= 4 is 18.4 Å². The zero-order valence-electron chi connectivity index (χ0n) is 12.7. The van der Waals surface area contributed by atoms with Crippen LogP contribution in [0.25, 0.3) is 0 Å². The fourth-order valence-corrected chi connectivity index (χ4v) is 2.84. The highest BCUT2D eigenvalue weighted by Crippen LogP contribution is 2.19. The number of carboxylic acids is 1. The van der Waals surface area contributed by atoms with E-state index in [1.165, 1.54) is 0 Å². The number of piperidine rings is 1. The minimum Gasteiger partial charge on any atom is -0.480 e. The number of aliphatic carboxylic acids is 1. The molecule has 0 radical (unpaired) electrons. The molecule has 1 aliphatic rings. The number of likely N-dealkylation sites (tertiary alicyclic amines) is 1. The standard InChI is InChI=1S/C16H19N3O3.ClH/c20-16(21)13-8-4-5-9-19(13)11-15-17-14(18-22-15)10-12-6-2-1-3-7-12;/h1-3,6-7,13H,4-5,8-11H2,(H,20,21);1H. The van der Waals surface area contributed by atoms with E-state index in [-0.39, 0.29) is 12.4 Å². The highest BCUT2D eigenvalue weighted by molar-refractivity contribution is 5.85. The SMILES string of the molecule is Cl.O=C(O)C1CCCCN1Cc1nc(Cc2ccccc2)no1. The van der Waals surface area contributed by atoms with E-state index in [4.69, 9.17) is 4.52 Å². The molecule has 1 unspecified atom stereocenters. The van der Waals surface area contributed by atoms with Gasteiger partial charge in [-0.3, -0.25) is 9.69 Å². The summed E-state index contributed by atoms with van der Waals surface area (Å²) in [6.45, 7) is 1.16. The lowest BCUT2D eigenvalue weighted by atomic mass is 10.0. The van der Waals surface area contributed by atoms with E-state index in [9.17, 15) is 9.90 Å². The molecule has 2 aromatic rings. The van der Waals surface area contributed by atoms with Gasteiger partial charge < -0.3 is 9.63 Å². The number of carboxylic acid groups (broad SMARTS) is 1. The molecule has 7 heteroatoms. The van der Waals surface area contributed by atoms with Crippen LogP contribution in [-0.2, 0) is 17.8 Å². The van der Waals surface area contributed by atoms with Gasteiger partial charge in [-0.05, 0) is 24.9 Å². The van der Waals surface area contributed by atoms with Crippen molar-refractivity contribution in [2.24, 2.45) is 0 Å². The van der Waals surface area contributed by atoms with E-state index in [0.717, 1.165) is 24.9 Å². The van der Waals surface area contributed by atoms with Gasteiger partial charge in [0.2, 0.25) is 5.89 Å². The first kappa shape index (κ1) is 17.4. The monoisotopic (exact) mass is 337 g/mol. The van der Waals surface area contributed by atoms with E-state index in [0.29, 0.717) is 31.1 Å². The first-order valence-electron chi connectivity index (χ1n) is 7.54. The lowest BCUT2D eigenvalue weighted by Crippen LogP contribution is -2.44. The Balaban J connectivity index is 0.00000192. The largest absolute Gasteiger partial charge is 0.480 e. The van der Waals surface area contributed by atoms with Crippen LogP contribution in [0.1, 0.15) is 36.5 Å². The molecule has 1 N–H and O–H groups in total. The summed E-state index contributed by atoms with van der Waals surface area (Å²) in [6, 6.07) is 9.50. The normalized spacial score (nSPS) is 18.3. The van der Waals surface area contributed by atoms with E-state index in [1.807, 2.05) is 35.2 Å². The van der Waals surface area contributed by atoms with Crippen LogP contribution in [0, 0.1) is 0 Å². The van der Waals surface area contributed by atoms with Gasteiger partial charge in [0, 0.05) is 6.42 Å². The van der Waals surface area contributed by atoms with E-state index >= 15 is 0 Å². The Bertz CT molecular complexity index is 633. The van der Waals surface area contributed by atoms with Gasteiger partial charge in [-0.1, -0.05) is 41.9 Å². The molecule has 1 fully saturated rings. The van der Waals surface area contributed by atoms with Gasteiger partial charge in [-0.25, -0.2) is 0 Å². The number of halogens is 1. The Morgan fingerprint density at radius 1 is 1.30 bits per heavy atom. The van der Waals surface area contributed by atoms with Crippen LogP contribution in [0.5, 0.6) is 0 Å². The Kier molecular flexibility index (Phi) is 6.12. The van der Waals surface area contributed by atoms with Crippen molar-refractivity contribution in [3.8, 4) is 0 Å². The van der Waals surface area contributed by atoms with Crippen molar-refractivity contribution in [3.05, 3.63) is 47.6 Å². The molecular weight excluding hydrogens is 318 g/mol. The maximum Gasteiger partial charge on any atom is 0.320 e. The Labute approximate surface area is 140 Å². The predicted octanol–water partition coefficient (Wildman–Crippen LogP) is 2.52. The van der Waals surface area contributed by atoms with Gasteiger partial charge in [0.05, 0.1) is 6.54 Å². The number of benzene rings is 1. The number of rotatable bonds is 5. The fourth-order valence-electron chi connectivity index (χ4n) is 2.84. The van der Waals surface area contributed by atoms with Gasteiger partial charge in [0.15, 0.2) is 5.82 Å². The second kappa shape index (κ2) is 8.08. The quantitative estimate of drug-likeness (QED) is 0.903. The van der Waals surface area contributed by atoms with Gasteiger partial charge in [0.1, 0.15) is 6.04 Å². The molecule has 1 aliphatic heterocycles. The topological polar surface area (TPSA) is 79.5 Å². The second-order valence-corrected chi connectivity index (χ2v) is 5.59. The first-order chi connectivity index (χ1) is 10.7. The summed E-state index contributed by atoms with van der Waals surface area (Å²) < 4.78 is 5.27. The van der Waals surface area contributed by atoms with E-state index in [2.05, 4.69) is 10.1 Å². The highest BCUT2D eigenvalue weighted by Gasteiger charge is 2.29. The smallest absolute Gasteiger partial charge is 0.320 e. The zero-order valence-corrected chi connectivity index (χ0v) is 13.5. The van der Waals surface area contributed by atoms with Gasteiger partial charge in [-0.2, -0.15) is 4.98 Å². The van der Waals surface area contributed by atoms with Crippen LogP contribution in [0.15, 0.2) is 34.9 Å². The molecule has 3 rings (SSSR count). The van der Waals surface area contributed by atoms with E-state index < -0.39 is 12.0 Å². The minimum atomic E-state index is -0.774. The first-order valence-corrected chi connectivity index (χ1v) is 7.54. The van der Waals surface area contributed by atoms with Crippen molar-refractivity contribution < 1.29 is 14.4 Å². The molecule has 1 atom stereocenters. The number of hydrogen-bond acceptors (Lipinski definition) is 5. The number of aromatic nitrogens is 2. The fraction of sp³-hybridized carbons (Fsp3) is 0.438. The maximum atomic E-state index is 11.3. The summed E-state index contributed by atoms with van der Waals surface area (Å²) in [6.07, 6.45) is 3.26. The van der Waals surface area contributed by atoms with Crippen LogP contribution in [0.4, 0.5) is 0 Å². The highest BCUT2D eigenvalue weighted by atomic mass is 35.5. The van der Waals surface area contributed by atoms with Crippen LogP contribution in [0.3, 0.4) is 0 Å². The summed E-state index contributed by atoms with van der Waals surface area (Å²) in [7, 11) is 0. The molecule has 124 valence electrons. The predicted molar refractivity (Wildman–Crippen MR) is 86.5 cm³/mol. The number of carbonyl (C=O) groups is 1. The molecule has 0 aliphatic carbocycles. The van der Waals surface area contributed by atoms with Gasteiger partial charge in [-0.15, -0.1) is 12.4 Å². The summed E-state index contributed by atoms with van der Waals surface area (Å²) >= 11 is 0. The number of hydrogen-bond donors (Lipinski definition) is 1. The Hall–Kier alpha value is -1.92. The summed E-state index contributed by atoms with van der Waals surface area (Å²) in [5.41, 5.74) is 1.12. The lowest BCUT2D eigenvalue weighted by molar-refractivity contribution is -0.145. The molecule has 23 heavy (non-hydrogen) atoms. The van der Waals surface area contributed by atoms with Crippen molar-refractivity contribution in [1.29, 1.82) is 0 Å². The number of nitrogens with zero attached hydrogens (tertiary/aromatic N) is 3. The van der Waals surface area contributed by atoms with Crippen molar-refractivity contribution in [2.75, 3.05) is 6.54 Å². The third-order valence-electron chi connectivity index (χ3n) is 3.95. The molecule has 1 aromatic heterocycles. The van der Waals surface area contributed by atoms with E-state index in [1.54, 1.807) is 0 Å². The molecule has 0 spiro atoms. The van der Waals surface area contributed by atoms with Crippen molar-refractivity contribution in [3.63, 3.8) is 0 Å². The van der Waals surface area contributed by atoms with Crippen molar-refractivity contribution in [2.45, 2.75) is 38.3 Å². The lowest BCUT2D eigenvalue weighted by Gasteiger charge is -2.31. The third kappa shape index (κ3) is 4.53. The molecule has 2 heterocycles. The summed E-state index contributed by atoms with van der Waals surface area (Å²) in [4.78, 5) is 17.6. The molecule has 1 saturated heterocycles. The van der Waals surface area contributed by atoms with Crippen LogP contribution >= 0.6 is 12.4 Å². The van der Waals surface area contributed by atoms with Crippen LogP contribution in [0.2, 0.25) is 0 Å². The minimum absolute atomic E-state index is 0. The van der Waals surface area contributed by atoms with Crippen LogP contribution in [-0.4, -0.2) is 38.7 Å². The zero-order chi connectivity index (χ0) is 15.4. The third-order valence-corrected chi connectivity index (χ3v) is 3.95. The summed E-state index contributed by atoms with van der Waals surface area (Å²) in [5.74, 6) is 0.341. The second-order valence-electron chi connectivity index (χ2n) is 5.59. The summed E-state index contributed by atoms with van der Waals surface area (Å²) in [5, 5.41) is 13.3. The average molecular weight is 338 g/mol. The van der Waals surface area contributed by atoms with Gasteiger partial charge in [0.25, 0.3) is 0 Å². The van der Waals surface area contributed by atoms with Gasteiger partial charge >= 0.3 is 5.97 Å². The van der Waals surface area contributed by atoms with Crippen LogP contribution < -0.4 is 0 Å². The van der Waals surface area contributed by atoms with Crippen molar-refractivity contribution in [1.82, 2.24) is 15.0 Å². The molecule has 0 bridgehead atoms.